The third-order valence-electron chi connectivity index (χ3n) is 4.33. The van der Waals surface area contributed by atoms with Crippen LogP contribution in [-0.4, -0.2) is 42.3 Å². The molecule has 3 nitrogen and oxygen atoms in total. The summed E-state index contributed by atoms with van der Waals surface area (Å²) >= 11 is 3.53. The van der Waals surface area contributed by atoms with E-state index in [1.54, 1.807) is 0 Å². The molecular weight excluding hydrogens is 352 g/mol. The minimum atomic E-state index is -0.123. The van der Waals surface area contributed by atoms with Crippen molar-refractivity contribution < 1.29 is 4.79 Å². The van der Waals surface area contributed by atoms with Crippen molar-refractivity contribution >= 4 is 22.2 Å². The van der Waals surface area contributed by atoms with Crippen LogP contribution in [0.25, 0.3) is 0 Å². The molecule has 0 radical (unpaired) electrons. The maximum absolute atomic E-state index is 11.3. The maximum Gasteiger partial charge on any atom is 0.132 e. The van der Waals surface area contributed by atoms with Gasteiger partial charge in [0.05, 0.1) is 5.92 Å². The fourth-order valence-corrected chi connectivity index (χ4v) is 3.55. The lowest BCUT2D eigenvalue weighted by atomic mass is 10.0. The summed E-state index contributed by atoms with van der Waals surface area (Å²) < 4.78 is 1.13. The molecule has 1 unspecified atom stereocenters. The van der Waals surface area contributed by atoms with E-state index in [9.17, 15) is 4.79 Å². The average molecular weight is 373 g/mol. The Balaban J connectivity index is 1.60. The van der Waals surface area contributed by atoms with Gasteiger partial charge in [0.25, 0.3) is 0 Å². The van der Waals surface area contributed by atoms with Gasteiger partial charge in [-0.2, -0.15) is 0 Å². The molecule has 1 atom stereocenters. The number of hydrogen-bond acceptors (Lipinski definition) is 3. The van der Waals surface area contributed by atoms with Gasteiger partial charge in [-0.3, -0.25) is 4.90 Å². The van der Waals surface area contributed by atoms with Gasteiger partial charge in [-0.05, 0) is 23.8 Å². The molecule has 0 amide bonds. The van der Waals surface area contributed by atoms with Gasteiger partial charge >= 0.3 is 0 Å². The summed E-state index contributed by atoms with van der Waals surface area (Å²) in [4.78, 5) is 16.2. The molecule has 23 heavy (non-hydrogen) atoms. The molecule has 0 bridgehead atoms. The Hall–Kier alpha value is -1.65. The molecule has 1 aromatic rings. The standard InChI is InChI=1S/C19H21BrN2O/c20-18-7-4-5-16(13-18)14-21-9-11-22(12-10-21)19-8-3-1-2-6-17(19)15-23/h1-8,13,15,17H,9-12,14H2. The van der Waals surface area contributed by atoms with Crippen molar-refractivity contribution in [3.8, 4) is 0 Å². The zero-order valence-electron chi connectivity index (χ0n) is 13.1. The highest BCUT2D eigenvalue weighted by molar-refractivity contribution is 9.10. The van der Waals surface area contributed by atoms with Crippen LogP contribution in [0.5, 0.6) is 0 Å². The van der Waals surface area contributed by atoms with Gasteiger partial charge in [-0.15, -0.1) is 0 Å². The van der Waals surface area contributed by atoms with Crippen LogP contribution in [0.15, 0.2) is 64.8 Å². The number of carbonyl (C=O) groups is 1. The van der Waals surface area contributed by atoms with Gasteiger partial charge in [0.15, 0.2) is 0 Å². The number of piperazine rings is 1. The predicted octanol–water partition coefficient (Wildman–Crippen LogP) is 3.39. The fraction of sp³-hybridized carbons (Fsp3) is 0.316. The molecule has 1 aliphatic heterocycles. The Morgan fingerprint density at radius 1 is 1.13 bits per heavy atom. The van der Waals surface area contributed by atoms with Crippen molar-refractivity contribution in [3.63, 3.8) is 0 Å². The smallest absolute Gasteiger partial charge is 0.132 e. The summed E-state index contributed by atoms with van der Waals surface area (Å²) in [6, 6.07) is 8.49. The van der Waals surface area contributed by atoms with E-state index < -0.39 is 0 Å². The molecule has 120 valence electrons. The van der Waals surface area contributed by atoms with Crippen molar-refractivity contribution in [2.75, 3.05) is 26.2 Å². The quantitative estimate of drug-likeness (QED) is 0.756. The normalized spacial score (nSPS) is 21.9. The molecule has 0 N–H and O–H groups in total. The lowest BCUT2D eigenvalue weighted by Gasteiger charge is -2.38. The van der Waals surface area contributed by atoms with E-state index in [2.05, 4.69) is 56.1 Å². The van der Waals surface area contributed by atoms with E-state index in [0.29, 0.717) is 0 Å². The summed E-state index contributed by atoms with van der Waals surface area (Å²) in [7, 11) is 0. The average Bonchev–Trinajstić information content (AvgIpc) is 2.81. The van der Waals surface area contributed by atoms with Crippen molar-refractivity contribution in [1.29, 1.82) is 0 Å². The van der Waals surface area contributed by atoms with E-state index in [1.807, 2.05) is 24.3 Å². The number of nitrogens with zero attached hydrogens (tertiary/aromatic N) is 2. The fourth-order valence-electron chi connectivity index (χ4n) is 3.10. The Morgan fingerprint density at radius 2 is 1.96 bits per heavy atom. The predicted molar refractivity (Wildman–Crippen MR) is 96.9 cm³/mol. The van der Waals surface area contributed by atoms with Crippen molar-refractivity contribution in [2.45, 2.75) is 6.54 Å². The number of hydrogen-bond donors (Lipinski definition) is 0. The monoisotopic (exact) mass is 372 g/mol. The second kappa shape index (κ2) is 7.75. The number of halogens is 1. The molecule has 0 saturated carbocycles. The van der Waals surface area contributed by atoms with E-state index in [4.69, 9.17) is 0 Å². The Kier molecular flexibility index (Phi) is 5.47. The van der Waals surface area contributed by atoms with Crippen LogP contribution in [0.2, 0.25) is 0 Å². The van der Waals surface area contributed by atoms with Crippen LogP contribution in [-0.2, 0) is 11.3 Å². The van der Waals surface area contributed by atoms with Crippen molar-refractivity contribution in [1.82, 2.24) is 9.80 Å². The lowest BCUT2D eigenvalue weighted by Crippen LogP contribution is -2.46. The largest absolute Gasteiger partial charge is 0.371 e. The number of benzene rings is 1. The van der Waals surface area contributed by atoms with E-state index in [0.717, 1.165) is 49.2 Å². The SMILES string of the molecule is O=CC1C=CC=CC=C1N1CCN(Cc2cccc(Br)c2)CC1. The van der Waals surface area contributed by atoms with E-state index in [1.165, 1.54) is 5.56 Å². The molecule has 2 aliphatic rings. The molecular formula is C19H21BrN2O. The third kappa shape index (κ3) is 4.21. The van der Waals surface area contributed by atoms with Crippen molar-refractivity contribution in [2.24, 2.45) is 5.92 Å². The third-order valence-corrected chi connectivity index (χ3v) is 4.82. The molecule has 4 heteroatoms. The second-order valence-electron chi connectivity index (χ2n) is 5.92. The molecule has 3 rings (SSSR count). The van der Waals surface area contributed by atoms with Crippen molar-refractivity contribution in [3.05, 3.63) is 70.4 Å². The molecule has 1 heterocycles. The van der Waals surface area contributed by atoms with Crippen LogP contribution in [0.1, 0.15) is 5.56 Å². The van der Waals surface area contributed by atoms with Gasteiger partial charge in [0.1, 0.15) is 6.29 Å². The summed E-state index contributed by atoms with van der Waals surface area (Å²) in [5.74, 6) is -0.123. The lowest BCUT2D eigenvalue weighted by molar-refractivity contribution is -0.109. The van der Waals surface area contributed by atoms with E-state index >= 15 is 0 Å². The molecule has 0 aromatic heterocycles. The zero-order valence-corrected chi connectivity index (χ0v) is 14.7. The Morgan fingerprint density at radius 3 is 2.70 bits per heavy atom. The molecule has 1 fully saturated rings. The first-order chi connectivity index (χ1) is 11.3. The van der Waals surface area contributed by atoms with Gasteiger partial charge in [0, 0.05) is 42.9 Å². The van der Waals surface area contributed by atoms with Gasteiger partial charge in [0.2, 0.25) is 0 Å². The second-order valence-corrected chi connectivity index (χ2v) is 6.83. The highest BCUT2D eigenvalue weighted by Gasteiger charge is 2.22. The minimum Gasteiger partial charge on any atom is -0.371 e. The van der Waals surface area contributed by atoms with Crippen LogP contribution < -0.4 is 0 Å². The summed E-state index contributed by atoms with van der Waals surface area (Å²) in [5, 5.41) is 0. The number of carbonyl (C=O) groups excluding carboxylic acids is 1. The zero-order chi connectivity index (χ0) is 16.1. The molecule has 1 aliphatic carbocycles. The first-order valence-corrected chi connectivity index (χ1v) is 8.77. The Bertz CT molecular complexity index is 643. The highest BCUT2D eigenvalue weighted by Crippen LogP contribution is 2.21. The van der Waals surface area contributed by atoms with Crippen LogP contribution >= 0.6 is 15.9 Å². The number of allylic oxidation sites excluding steroid dienone is 5. The van der Waals surface area contributed by atoms with Gasteiger partial charge < -0.3 is 9.69 Å². The summed E-state index contributed by atoms with van der Waals surface area (Å²) in [5.41, 5.74) is 2.45. The van der Waals surface area contributed by atoms with Crippen LogP contribution in [0, 0.1) is 5.92 Å². The first-order valence-electron chi connectivity index (χ1n) is 7.98. The molecule has 0 spiro atoms. The van der Waals surface area contributed by atoms with Crippen LogP contribution in [0.4, 0.5) is 0 Å². The highest BCUT2D eigenvalue weighted by atomic mass is 79.9. The Labute approximate surface area is 146 Å². The number of aldehydes is 1. The van der Waals surface area contributed by atoms with Gasteiger partial charge in [-0.25, -0.2) is 0 Å². The summed E-state index contributed by atoms with van der Waals surface area (Å²) in [6.07, 6.45) is 11.0. The van der Waals surface area contributed by atoms with Gasteiger partial charge in [-0.1, -0.05) is 52.4 Å². The molecule has 1 saturated heterocycles. The van der Waals surface area contributed by atoms with Crippen LogP contribution in [0.3, 0.4) is 0 Å². The maximum atomic E-state index is 11.3. The number of rotatable bonds is 4. The minimum absolute atomic E-state index is 0.123. The first kappa shape index (κ1) is 16.2. The molecule has 1 aromatic carbocycles. The van der Waals surface area contributed by atoms with E-state index in [-0.39, 0.29) is 5.92 Å². The topological polar surface area (TPSA) is 23.6 Å². The summed E-state index contributed by atoms with van der Waals surface area (Å²) in [6.45, 7) is 4.94.